The Morgan fingerprint density at radius 2 is 2.00 bits per heavy atom. The number of tetrazole rings is 1. The number of ether oxygens (including phenoxy) is 1. The second kappa shape index (κ2) is 8.49. The number of hydrogen-bond donors (Lipinski definition) is 2. The lowest BCUT2D eigenvalue weighted by Crippen LogP contribution is -2.39. The minimum Gasteiger partial charge on any atom is -0.383 e. The van der Waals surface area contributed by atoms with Crippen LogP contribution in [-0.4, -0.2) is 43.5 Å². The van der Waals surface area contributed by atoms with Crippen LogP contribution in [0.2, 0.25) is 0 Å². The Morgan fingerprint density at radius 3 is 2.70 bits per heavy atom. The van der Waals surface area contributed by atoms with Crippen LogP contribution in [0.25, 0.3) is 0 Å². The van der Waals surface area contributed by atoms with Crippen molar-refractivity contribution in [2.75, 3.05) is 24.4 Å². The molecule has 4 rings (SSSR count). The van der Waals surface area contributed by atoms with Crippen LogP contribution >= 0.6 is 0 Å². The Labute approximate surface area is 172 Å². The number of H-pyrrole nitrogens is 1. The molecule has 0 spiro atoms. The molecule has 1 aliphatic carbocycles. The molecule has 3 N–H and O–H groups in total. The minimum atomic E-state index is -0.569. The van der Waals surface area contributed by atoms with Gasteiger partial charge < -0.3 is 15.4 Å². The fourth-order valence-electron chi connectivity index (χ4n) is 3.40. The highest BCUT2D eigenvalue weighted by molar-refractivity contribution is 5.62. The molecule has 1 aliphatic rings. The highest BCUT2D eigenvalue weighted by atomic mass is 16.5. The summed E-state index contributed by atoms with van der Waals surface area (Å²) in [6.45, 7) is 1.18. The number of benzene rings is 1. The van der Waals surface area contributed by atoms with Crippen LogP contribution in [0.1, 0.15) is 30.3 Å². The molecule has 1 fully saturated rings. The van der Waals surface area contributed by atoms with E-state index in [1.807, 2.05) is 30.3 Å². The molecule has 1 saturated carbocycles. The smallest absolute Gasteiger partial charge is 0.330 e. The summed E-state index contributed by atoms with van der Waals surface area (Å²) in [6.07, 6.45) is 2.06. The Bertz CT molecular complexity index is 1120. The first-order chi connectivity index (χ1) is 14.6. The zero-order valence-corrected chi connectivity index (χ0v) is 16.7. The molecule has 0 bridgehead atoms. The van der Waals surface area contributed by atoms with Crippen LogP contribution in [-0.2, 0) is 24.4 Å². The number of aromatic amines is 1. The van der Waals surface area contributed by atoms with Gasteiger partial charge in [-0.05, 0) is 28.8 Å². The highest BCUT2D eigenvalue weighted by Gasteiger charge is 2.29. The highest BCUT2D eigenvalue weighted by Crippen LogP contribution is 2.35. The van der Waals surface area contributed by atoms with Crippen molar-refractivity contribution >= 4 is 11.5 Å². The number of anilines is 2. The standard InChI is InChI=1S/C19H24N8O3/c1-30-10-9-26-17(20)16(18(28)21-19(26)29)25(11-13-5-3-2-4-6-13)12-15-22-23-24-27(15)14-7-8-14/h2-6,14H,7-12,20H2,1H3,(H,21,28,29). The molecular formula is C19H24N8O3. The molecule has 0 aliphatic heterocycles. The SMILES string of the molecule is COCCn1c(N)c(N(Cc2ccccc2)Cc2nnnn2C2CC2)c(=O)[nH]c1=O. The van der Waals surface area contributed by atoms with Gasteiger partial charge >= 0.3 is 5.69 Å². The van der Waals surface area contributed by atoms with E-state index in [-0.39, 0.29) is 31.2 Å². The van der Waals surface area contributed by atoms with Gasteiger partial charge in [0, 0.05) is 13.7 Å². The van der Waals surface area contributed by atoms with Crippen LogP contribution in [0.5, 0.6) is 0 Å². The molecule has 0 unspecified atom stereocenters. The van der Waals surface area contributed by atoms with E-state index in [4.69, 9.17) is 10.5 Å². The first kappa shape index (κ1) is 19.8. The van der Waals surface area contributed by atoms with E-state index in [0.717, 1.165) is 18.4 Å². The van der Waals surface area contributed by atoms with Crippen molar-refractivity contribution in [3.05, 3.63) is 62.6 Å². The topological polar surface area (TPSA) is 137 Å². The molecule has 2 aromatic heterocycles. The summed E-state index contributed by atoms with van der Waals surface area (Å²) in [5, 5.41) is 12.0. The Morgan fingerprint density at radius 1 is 1.23 bits per heavy atom. The summed E-state index contributed by atoms with van der Waals surface area (Å²) in [5.74, 6) is 0.726. The third-order valence-corrected chi connectivity index (χ3v) is 5.05. The van der Waals surface area contributed by atoms with Gasteiger partial charge in [0.05, 0.1) is 25.7 Å². The number of nitrogen functional groups attached to an aromatic ring is 1. The van der Waals surface area contributed by atoms with E-state index in [2.05, 4.69) is 20.5 Å². The molecule has 2 heterocycles. The number of nitrogens with two attached hydrogens (primary N) is 1. The molecule has 30 heavy (non-hydrogen) atoms. The van der Waals surface area contributed by atoms with Crippen LogP contribution in [0.4, 0.5) is 11.5 Å². The van der Waals surface area contributed by atoms with Gasteiger partial charge in [-0.2, -0.15) is 0 Å². The molecule has 1 aromatic carbocycles. The maximum absolute atomic E-state index is 12.8. The van der Waals surface area contributed by atoms with Crippen molar-refractivity contribution < 1.29 is 4.74 Å². The number of nitrogens with zero attached hydrogens (tertiary/aromatic N) is 6. The molecule has 3 aromatic rings. The average molecular weight is 412 g/mol. The van der Waals surface area contributed by atoms with Crippen molar-refractivity contribution in [2.45, 2.75) is 38.5 Å². The fourth-order valence-corrected chi connectivity index (χ4v) is 3.40. The predicted molar refractivity (Wildman–Crippen MR) is 110 cm³/mol. The summed E-state index contributed by atoms with van der Waals surface area (Å²) in [4.78, 5) is 29.3. The number of rotatable bonds is 9. The predicted octanol–water partition coefficient (Wildman–Crippen LogP) is 0.293. The monoisotopic (exact) mass is 412 g/mol. The summed E-state index contributed by atoms with van der Waals surface area (Å²) < 4.78 is 8.17. The van der Waals surface area contributed by atoms with Crippen molar-refractivity contribution in [2.24, 2.45) is 0 Å². The van der Waals surface area contributed by atoms with Gasteiger partial charge in [-0.3, -0.25) is 14.3 Å². The number of aromatic nitrogens is 6. The van der Waals surface area contributed by atoms with Gasteiger partial charge in [-0.15, -0.1) is 5.10 Å². The van der Waals surface area contributed by atoms with Crippen LogP contribution in [0.3, 0.4) is 0 Å². The molecule has 0 radical (unpaired) electrons. The van der Waals surface area contributed by atoms with Crippen molar-refractivity contribution in [1.82, 2.24) is 29.8 Å². The number of hydrogen-bond acceptors (Lipinski definition) is 8. The Hall–Kier alpha value is -3.47. The first-order valence-electron chi connectivity index (χ1n) is 9.75. The normalized spacial score (nSPS) is 13.5. The first-order valence-corrected chi connectivity index (χ1v) is 9.75. The van der Waals surface area contributed by atoms with Crippen molar-refractivity contribution in [3.63, 3.8) is 0 Å². The molecule has 11 heteroatoms. The van der Waals surface area contributed by atoms with E-state index >= 15 is 0 Å². The lowest BCUT2D eigenvalue weighted by atomic mass is 10.2. The lowest BCUT2D eigenvalue weighted by molar-refractivity contribution is 0.186. The quantitative estimate of drug-likeness (QED) is 0.512. The zero-order valence-electron chi connectivity index (χ0n) is 16.7. The second-order valence-electron chi connectivity index (χ2n) is 7.25. The number of nitrogens with one attached hydrogen (secondary N) is 1. The fraction of sp³-hybridized carbons (Fsp3) is 0.421. The maximum Gasteiger partial charge on any atom is 0.330 e. The minimum absolute atomic E-state index is 0.0853. The second-order valence-corrected chi connectivity index (χ2v) is 7.25. The molecule has 0 saturated heterocycles. The summed E-state index contributed by atoms with van der Waals surface area (Å²) in [6, 6.07) is 9.99. The average Bonchev–Trinajstić information content (AvgIpc) is 3.47. The van der Waals surface area contributed by atoms with Gasteiger partial charge in [-0.25, -0.2) is 9.48 Å². The van der Waals surface area contributed by atoms with Gasteiger partial charge in [0.25, 0.3) is 5.56 Å². The Balaban J connectivity index is 1.76. The van der Waals surface area contributed by atoms with Gasteiger partial charge in [0.15, 0.2) is 5.82 Å². The molecular weight excluding hydrogens is 388 g/mol. The van der Waals surface area contributed by atoms with E-state index in [0.29, 0.717) is 18.4 Å². The molecule has 0 atom stereocenters. The summed E-state index contributed by atoms with van der Waals surface area (Å²) in [5.41, 5.74) is 6.38. The van der Waals surface area contributed by atoms with Crippen LogP contribution < -0.4 is 21.9 Å². The third-order valence-electron chi connectivity index (χ3n) is 5.05. The molecule has 0 amide bonds. The van der Waals surface area contributed by atoms with E-state index in [1.165, 1.54) is 11.7 Å². The zero-order chi connectivity index (χ0) is 21.1. The van der Waals surface area contributed by atoms with Gasteiger partial charge in [-0.1, -0.05) is 30.3 Å². The van der Waals surface area contributed by atoms with E-state index in [9.17, 15) is 9.59 Å². The largest absolute Gasteiger partial charge is 0.383 e. The Kier molecular flexibility index (Phi) is 5.61. The summed E-state index contributed by atoms with van der Waals surface area (Å²) >= 11 is 0. The van der Waals surface area contributed by atoms with E-state index in [1.54, 1.807) is 9.58 Å². The summed E-state index contributed by atoms with van der Waals surface area (Å²) in [7, 11) is 1.53. The number of methoxy groups -OCH3 is 1. The van der Waals surface area contributed by atoms with Crippen LogP contribution in [0, 0.1) is 0 Å². The van der Waals surface area contributed by atoms with Crippen molar-refractivity contribution in [1.29, 1.82) is 0 Å². The van der Waals surface area contributed by atoms with E-state index < -0.39 is 11.2 Å². The molecule has 11 nitrogen and oxygen atoms in total. The van der Waals surface area contributed by atoms with Crippen LogP contribution in [0.15, 0.2) is 39.9 Å². The van der Waals surface area contributed by atoms with Crippen molar-refractivity contribution in [3.8, 4) is 0 Å². The molecule has 158 valence electrons. The lowest BCUT2D eigenvalue weighted by Gasteiger charge is -2.26. The van der Waals surface area contributed by atoms with Gasteiger partial charge in [0.2, 0.25) is 0 Å². The van der Waals surface area contributed by atoms with Gasteiger partial charge in [0.1, 0.15) is 11.5 Å². The third kappa shape index (κ3) is 4.10. The maximum atomic E-state index is 12.8.